The van der Waals surface area contributed by atoms with Crippen LogP contribution < -0.4 is 5.32 Å². The van der Waals surface area contributed by atoms with Gasteiger partial charge in [0.15, 0.2) is 0 Å². The van der Waals surface area contributed by atoms with Gasteiger partial charge in [-0.15, -0.1) is 0 Å². The third-order valence-corrected chi connectivity index (χ3v) is 4.09. The second-order valence-electron chi connectivity index (χ2n) is 4.60. The first kappa shape index (κ1) is 14.5. The lowest BCUT2D eigenvalue weighted by atomic mass is 9.94. The highest BCUT2D eigenvalue weighted by atomic mass is 32.2. The van der Waals surface area contributed by atoms with Gasteiger partial charge >= 0.3 is 0 Å². The molecule has 0 aliphatic heterocycles. The van der Waals surface area contributed by atoms with Gasteiger partial charge in [0, 0.05) is 6.04 Å². The molecule has 1 aromatic rings. The fourth-order valence-corrected chi connectivity index (χ4v) is 2.85. The van der Waals surface area contributed by atoms with Crippen LogP contribution in [0.25, 0.3) is 0 Å². The van der Waals surface area contributed by atoms with Crippen molar-refractivity contribution in [2.45, 2.75) is 26.3 Å². The van der Waals surface area contributed by atoms with Gasteiger partial charge in [-0.2, -0.15) is 11.8 Å². The number of rotatable bonds is 6. The van der Waals surface area contributed by atoms with Crippen LogP contribution in [0.1, 0.15) is 18.1 Å². The number of nitrogens with one attached hydrogen (secondary N) is 1. The maximum atomic E-state index is 13.0. The SMILES string of the molecule is CNC(Cc1ccc(F)cc1C)C(C)CSC. The fourth-order valence-electron chi connectivity index (χ4n) is 2.09. The Balaban J connectivity index is 2.73. The summed E-state index contributed by atoms with van der Waals surface area (Å²) in [5, 5.41) is 3.37. The molecule has 0 saturated carbocycles. The summed E-state index contributed by atoms with van der Waals surface area (Å²) in [4.78, 5) is 0. The molecule has 0 heterocycles. The van der Waals surface area contributed by atoms with E-state index >= 15 is 0 Å². The van der Waals surface area contributed by atoms with Crippen molar-refractivity contribution in [3.05, 3.63) is 35.1 Å². The Morgan fingerprint density at radius 3 is 2.65 bits per heavy atom. The number of aryl methyl sites for hydroxylation is 1. The van der Waals surface area contributed by atoms with Crippen molar-refractivity contribution < 1.29 is 4.39 Å². The quantitative estimate of drug-likeness (QED) is 0.837. The predicted octanol–water partition coefficient (Wildman–Crippen LogP) is 3.26. The van der Waals surface area contributed by atoms with Gasteiger partial charge in [-0.1, -0.05) is 13.0 Å². The Kier molecular flexibility index (Phi) is 6.00. The highest BCUT2D eigenvalue weighted by Crippen LogP contribution is 2.17. The Morgan fingerprint density at radius 1 is 1.41 bits per heavy atom. The molecule has 0 aromatic heterocycles. The molecule has 0 saturated heterocycles. The summed E-state index contributed by atoms with van der Waals surface area (Å²) in [5.74, 6) is 1.61. The monoisotopic (exact) mass is 255 g/mol. The summed E-state index contributed by atoms with van der Waals surface area (Å²) < 4.78 is 13.0. The van der Waals surface area contributed by atoms with Crippen LogP contribution in [0, 0.1) is 18.7 Å². The third-order valence-electron chi connectivity index (χ3n) is 3.23. The topological polar surface area (TPSA) is 12.0 Å². The third kappa shape index (κ3) is 4.32. The van der Waals surface area contributed by atoms with E-state index < -0.39 is 0 Å². The summed E-state index contributed by atoms with van der Waals surface area (Å²) in [6, 6.07) is 5.52. The van der Waals surface area contributed by atoms with Crippen molar-refractivity contribution in [1.29, 1.82) is 0 Å². The van der Waals surface area contributed by atoms with E-state index in [2.05, 4.69) is 18.5 Å². The first-order chi connectivity index (χ1) is 8.08. The van der Waals surface area contributed by atoms with Gasteiger partial charge in [0.25, 0.3) is 0 Å². The number of thioether (sulfide) groups is 1. The average molecular weight is 255 g/mol. The summed E-state index contributed by atoms with van der Waals surface area (Å²) in [6.07, 6.45) is 3.09. The minimum absolute atomic E-state index is 0.149. The van der Waals surface area contributed by atoms with Crippen molar-refractivity contribution >= 4 is 11.8 Å². The molecule has 0 bridgehead atoms. The van der Waals surface area contributed by atoms with Gasteiger partial charge in [-0.3, -0.25) is 0 Å². The summed E-state index contributed by atoms with van der Waals surface area (Å²) in [7, 11) is 2.00. The van der Waals surface area contributed by atoms with Gasteiger partial charge in [0.2, 0.25) is 0 Å². The second-order valence-corrected chi connectivity index (χ2v) is 5.51. The van der Waals surface area contributed by atoms with Crippen molar-refractivity contribution in [3.63, 3.8) is 0 Å². The Bertz CT molecular complexity index is 354. The fraction of sp³-hybridized carbons (Fsp3) is 0.571. The van der Waals surface area contributed by atoms with Gasteiger partial charge in [-0.25, -0.2) is 4.39 Å². The van der Waals surface area contributed by atoms with E-state index in [1.807, 2.05) is 31.8 Å². The number of halogens is 1. The Morgan fingerprint density at radius 2 is 2.12 bits per heavy atom. The van der Waals surface area contributed by atoms with Gasteiger partial charge < -0.3 is 5.32 Å². The van der Waals surface area contributed by atoms with Crippen LogP contribution in [0.2, 0.25) is 0 Å². The van der Waals surface area contributed by atoms with Crippen LogP contribution in [0.15, 0.2) is 18.2 Å². The van der Waals surface area contributed by atoms with E-state index in [0.29, 0.717) is 12.0 Å². The van der Waals surface area contributed by atoms with Crippen LogP contribution in [-0.2, 0) is 6.42 Å². The molecule has 0 radical (unpaired) electrons. The second kappa shape index (κ2) is 7.02. The van der Waals surface area contributed by atoms with Crippen LogP contribution >= 0.6 is 11.8 Å². The minimum Gasteiger partial charge on any atom is -0.316 e. The number of hydrogen-bond acceptors (Lipinski definition) is 2. The smallest absolute Gasteiger partial charge is 0.123 e. The lowest BCUT2D eigenvalue weighted by Gasteiger charge is -2.23. The van der Waals surface area contributed by atoms with Crippen molar-refractivity contribution in [2.24, 2.45) is 5.92 Å². The van der Waals surface area contributed by atoms with E-state index in [9.17, 15) is 4.39 Å². The highest BCUT2D eigenvalue weighted by molar-refractivity contribution is 7.98. The van der Waals surface area contributed by atoms with Gasteiger partial charge in [0.1, 0.15) is 5.82 Å². The predicted molar refractivity (Wildman–Crippen MR) is 75.2 cm³/mol. The zero-order valence-corrected chi connectivity index (χ0v) is 11.9. The summed E-state index contributed by atoms with van der Waals surface area (Å²) >= 11 is 1.87. The molecular weight excluding hydrogens is 233 g/mol. The van der Waals surface area contributed by atoms with Crippen molar-refractivity contribution in [3.8, 4) is 0 Å². The Labute approximate surface area is 108 Å². The zero-order valence-electron chi connectivity index (χ0n) is 11.1. The molecule has 2 unspecified atom stereocenters. The molecular formula is C14H22FNS. The molecule has 1 N–H and O–H groups in total. The maximum absolute atomic E-state index is 13.0. The van der Waals surface area contributed by atoms with Crippen LogP contribution in [0.4, 0.5) is 4.39 Å². The van der Waals surface area contributed by atoms with E-state index in [1.165, 1.54) is 5.56 Å². The maximum Gasteiger partial charge on any atom is 0.123 e. The van der Waals surface area contributed by atoms with E-state index in [-0.39, 0.29) is 5.82 Å². The molecule has 17 heavy (non-hydrogen) atoms. The molecule has 2 atom stereocenters. The molecule has 0 amide bonds. The molecule has 0 aliphatic carbocycles. The molecule has 3 heteroatoms. The summed E-state index contributed by atoms with van der Waals surface area (Å²) in [5.41, 5.74) is 2.28. The van der Waals surface area contributed by atoms with E-state index in [1.54, 1.807) is 12.1 Å². The molecule has 0 aliphatic rings. The van der Waals surface area contributed by atoms with E-state index in [4.69, 9.17) is 0 Å². The molecule has 1 rings (SSSR count). The lowest BCUT2D eigenvalue weighted by Crippen LogP contribution is -2.35. The van der Waals surface area contributed by atoms with Gasteiger partial charge in [0.05, 0.1) is 0 Å². The molecule has 1 aromatic carbocycles. The lowest BCUT2D eigenvalue weighted by molar-refractivity contribution is 0.430. The molecule has 96 valence electrons. The zero-order chi connectivity index (χ0) is 12.8. The average Bonchev–Trinajstić information content (AvgIpc) is 2.28. The first-order valence-corrected chi connectivity index (χ1v) is 7.39. The van der Waals surface area contributed by atoms with Crippen LogP contribution in [-0.4, -0.2) is 25.1 Å². The Hall–Kier alpha value is -0.540. The summed E-state index contributed by atoms with van der Waals surface area (Å²) in [6.45, 7) is 4.24. The van der Waals surface area contributed by atoms with E-state index in [0.717, 1.165) is 17.7 Å². The van der Waals surface area contributed by atoms with Crippen molar-refractivity contribution in [1.82, 2.24) is 5.32 Å². The number of benzene rings is 1. The molecule has 0 fully saturated rings. The number of hydrogen-bond donors (Lipinski definition) is 1. The molecule has 1 nitrogen and oxygen atoms in total. The van der Waals surface area contributed by atoms with Crippen LogP contribution in [0.3, 0.4) is 0 Å². The normalized spacial score (nSPS) is 14.6. The standard InChI is InChI=1S/C14H22FNS/c1-10-7-13(15)6-5-12(10)8-14(16-3)11(2)9-17-4/h5-7,11,14,16H,8-9H2,1-4H3. The largest absolute Gasteiger partial charge is 0.316 e. The molecule has 0 spiro atoms. The first-order valence-electron chi connectivity index (χ1n) is 5.99. The minimum atomic E-state index is -0.149. The van der Waals surface area contributed by atoms with Crippen molar-refractivity contribution in [2.75, 3.05) is 19.1 Å². The highest BCUT2D eigenvalue weighted by Gasteiger charge is 2.16. The number of likely N-dealkylation sites (N-methyl/N-ethyl adjacent to an activating group) is 1. The van der Waals surface area contributed by atoms with Crippen LogP contribution in [0.5, 0.6) is 0 Å². The van der Waals surface area contributed by atoms with Gasteiger partial charge in [-0.05, 0) is 61.6 Å².